The van der Waals surface area contributed by atoms with Crippen molar-refractivity contribution in [3.63, 3.8) is 0 Å². The number of fused-ring (bicyclic) bond motifs is 1. The summed E-state index contributed by atoms with van der Waals surface area (Å²) < 4.78 is 2.06. The van der Waals surface area contributed by atoms with E-state index in [1.165, 1.54) is 25.7 Å². The van der Waals surface area contributed by atoms with Crippen LogP contribution < -0.4 is 5.32 Å². The number of hydrogen-bond donors (Lipinski definition) is 1. The molecule has 0 spiro atoms. The topological polar surface area (TPSA) is 46.4 Å². The summed E-state index contributed by atoms with van der Waals surface area (Å²) in [6, 6.07) is 10.5. The van der Waals surface area contributed by atoms with Crippen LogP contribution in [0.15, 0.2) is 41.9 Å². The van der Waals surface area contributed by atoms with Crippen LogP contribution in [0.25, 0.3) is 16.2 Å². The standard InChI is InChI=1S/C20H23N3OS/c24-19(21-16-10-6-1-2-7-11-16)12-17-14-25-20-22-18(13-23(17)20)15-8-4-3-5-9-15/h3-5,8-9,13-14,16H,1-2,6-7,10-12H2,(H,21,24). The zero-order valence-corrected chi connectivity index (χ0v) is 15.1. The first-order valence-electron chi connectivity index (χ1n) is 9.10. The van der Waals surface area contributed by atoms with Crippen molar-refractivity contribution in [2.24, 2.45) is 0 Å². The van der Waals surface area contributed by atoms with Gasteiger partial charge in [0.25, 0.3) is 0 Å². The molecule has 25 heavy (non-hydrogen) atoms. The van der Waals surface area contributed by atoms with Crippen molar-refractivity contribution in [3.05, 3.63) is 47.6 Å². The van der Waals surface area contributed by atoms with Crippen molar-refractivity contribution in [1.82, 2.24) is 14.7 Å². The van der Waals surface area contributed by atoms with Gasteiger partial charge < -0.3 is 5.32 Å². The van der Waals surface area contributed by atoms with Crippen LogP contribution in [0.4, 0.5) is 0 Å². The quantitative estimate of drug-likeness (QED) is 0.705. The van der Waals surface area contributed by atoms with Gasteiger partial charge in [0.1, 0.15) is 0 Å². The molecule has 0 aliphatic heterocycles. The maximum absolute atomic E-state index is 12.5. The van der Waals surface area contributed by atoms with Crippen molar-refractivity contribution < 1.29 is 4.79 Å². The molecular weight excluding hydrogens is 330 g/mol. The number of imidazole rings is 1. The fourth-order valence-electron chi connectivity index (χ4n) is 3.57. The molecule has 4 rings (SSSR count). The van der Waals surface area contributed by atoms with Gasteiger partial charge in [-0.2, -0.15) is 0 Å². The lowest BCUT2D eigenvalue weighted by Crippen LogP contribution is -2.35. The Balaban J connectivity index is 1.47. The minimum Gasteiger partial charge on any atom is -0.353 e. The van der Waals surface area contributed by atoms with Gasteiger partial charge in [0, 0.05) is 28.9 Å². The highest BCUT2D eigenvalue weighted by Crippen LogP contribution is 2.24. The van der Waals surface area contributed by atoms with E-state index in [-0.39, 0.29) is 5.91 Å². The Morgan fingerprint density at radius 1 is 1.16 bits per heavy atom. The summed E-state index contributed by atoms with van der Waals surface area (Å²) in [6.45, 7) is 0. The van der Waals surface area contributed by atoms with Crippen LogP contribution in [0.2, 0.25) is 0 Å². The molecule has 0 saturated heterocycles. The highest BCUT2D eigenvalue weighted by molar-refractivity contribution is 7.15. The third-order valence-corrected chi connectivity index (χ3v) is 5.80. The monoisotopic (exact) mass is 353 g/mol. The van der Waals surface area contributed by atoms with Gasteiger partial charge in [-0.3, -0.25) is 9.20 Å². The lowest BCUT2D eigenvalue weighted by Gasteiger charge is -2.15. The van der Waals surface area contributed by atoms with Crippen molar-refractivity contribution in [3.8, 4) is 11.3 Å². The van der Waals surface area contributed by atoms with Crippen molar-refractivity contribution >= 4 is 22.2 Å². The number of rotatable bonds is 4. The van der Waals surface area contributed by atoms with Crippen LogP contribution in [-0.2, 0) is 11.2 Å². The summed E-state index contributed by atoms with van der Waals surface area (Å²) in [5.74, 6) is 0.126. The van der Waals surface area contributed by atoms with E-state index in [1.807, 2.05) is 29.8 Å². The smallest absolute Gasteiger partial charge is 0.226 e. The van der Waals surface area contributed by atoms with Gasteiger partial charge in [0.15, 0.2) is 4.96 Å². The van der Waals surface area contributed by atoms with Gasteiger partial charge in [-0.1, -0.05) is 56.0 Å². The molecule has 2 heterocycles. The van der Waals surface area contributed by atoms with Gasteiger partial charge >= 0.3 is 0 Å². The maximum Gasteiger partial charge on any atom is 0.226 e. The second-order valence-corrected chi connectivity index (χ2v) is 7.64. The van der Waals surface area contributed by atoms with Crippen LogP contribution in [0.3, 0.4) is 0 Å². The van der Waals surface area contributed by atoms with E-state index in [1.54, 1.807) is 11.3 Å². The molecule has 1 aliphatic rings. The Morgan fingerprint density at radius 3 is 2.68 bits per heavy atom. The van der Waals surface area contributed by atoms with E-state index < -0.39 is 0 Å². The molecule has 3 aromatic rings. The molecule has 0 radical (unpaired) electrons. The van der Waals surface area contributed by atoms with E-state index in [0.29, 0.717) is 12.5 Å². The molecule has 4 nitrogen and oxygen atoms in total. The van der Waals surface area contributed by atoms with Gasteiger partial charge in [-0.25, -0.2) is 4.98 Å². The molecular formula is C20H23N3OS. The normalized spacial score (nSPS) is 16.0. The molecule has 2 aromatic heterocycles. The lowest BCUT2D eigenvalue weighted by atomic mass is 10.1. The van der Waals surface area contributed by atoms with Crippen LogP contribution in [0, 0.1) is 0 Å². The molecule has 1 saturated carbocycles. The number of benzene rings is 1. The molecule has 0 bridgehead atoms. The van der Waals surface area contributed by atoms with E-state index in [9.17, 15) is 4.79 Å². The van der Waals surface area contributed by atoms with E-state index in [4.69, 9.17) is 0 Å². The molecule has 1 N–H and O–H groups in total. The van der Waals surface area contributed by atoms with E-state index in [0.717, 1.165) is 34.8 Å². The Kier molecular flexibility index (Phi) is 4.83. The fourth-order valence-corrected chi connectivity index (χ4v) is 4.44. The van der Waals surface area contributed by atoms with Gasteiger partial charge in [0.05, 0.1) is 12.1 Å². The van der Waals surface area contributed by atoms with Gasteiger partial charge in [0.2, 0.25) is 5.91 Å². The number of nitrogens with zero attached hydrogens (tertiary/aromatic N) is 2. The summed E-state index contributed by atoms with van der Waals surface area (Å²) in [4.78, 5) is 18.1. The summed E-state index contributed by atoms with van der Waals surface area (Å²) >= 11 is 1.59. The van der Waals surface area contributed by atoms with Crippen LogP contribution >= 0.6 is 11.3 Å². The van der Waals surface area contributed by atoms with Crippen LogP contribution in [0.5, 0.6) is 0 Å². The maximum atomic E-state index is 12.5. The number of carbonyl (C=O) groups is 1. The number of thiazole rings is 1. The SMILES string of the molecule is O=C(Cc1csc2nc(-c3ccccc3)cn12)NC1CCCCCC1. The largest absolute Gasteiger partial charge is 0.353 e. The van der Waals surface area contributed by atoms with Crippen LogP contribution in [-0.4, -0.2) is 21.3 Å². The number of amides is 1. The zero-order chi connectivity index (χ0) is 17.1. The zero-order valence-electron chi connectivity index (χ0n) is 14.3. The Morgan fingerprint density at radius 2 is 1.92 bits per heavy atom. The summed E-state index contributed by atoms with van der Waals surface area (Å²) in [5, 5.41) is 5.28. The van der Waals surface area contributed by atoms with E-state index in [2.05, 4.69) is 26.8 Å². The predicted octanol–water partition coefficient (Wildman–Crippen LogP) is 4.44. The summed E-state index contributed by atoms with van der Waals surface area (Å²) in [6.07, 6.45) is 9.76. The first-order chi connectivity index (χ1) is 12.3. The number of aromatic nitrogens is 2. The fraction of sp³-hybridized carbons (Fsp3) is 0.400. The van der Waals surface area contributed by atoms with Crippen LogP contribution in [0.1, 0.15) is 44.2 Å². The molecule has 130 valence electrons. The highest BCUT2D eigenvalue weighted by Gasteiger charge is 2.17. The highest BCUT2D eigenvalue weighted by atomic mass is 32.1. The minimum atomic E-state index is 0.126. The second kappa shape index (κ2) is 7.40. The van der Waals surface area contributed by atoms with E-state index >= 15 is 0 Å². The number of hydrogen-bond acceptors (Lipinski definition) is 3. The third kappa shape index (κ3) is 3.76. The molecule has 1 aliphatic carbocycles. The molecule has 0 atom stereocenters. The third-order valence-electron chi connectivity index (χ3n) is 4.91. The van der Waals surface area contributed by atoms with Gasteiger partial charge in [-0.15, -0.1) is 11.3 Å². The Bertz CT molecular complexity index is 844. The molecule has 1 amide bonds. The number of carbonyl (C=O) groups excluding carboxylic acids is 1. The molecule has 5 heteroatoms. The molecule has 1 fully saturated rings. The van der Waals surface area contributed by atoms with Crippen molar-refractivity contribution in [2.45, 2.75) is 51.0 Å². The minimum absolute atomic E-state index is 0.126. The number of nitrogens with one attached hydrogen (secondary N) is 1. The Labute approximate surface area is 151 Å². The molecule has 1 aromatic carbocycles. The average molecular weight is 353 g/mol. The lowest BCUT2D eigenvalue weighted by molar-refractivity contribution is -0.121. The Hall–Kier alpha value is -2.14. The van der Waals surface area contributed by atoms with Gasteiger partial charge in [-0.05, 0) is 12.8 Å². The summed E-state index contributed by atoms with van der Waals surface area (Å²) in [7, 11) is 0. The first kappa shape index (κ1) is 16.3. The first-order valence-corrected chi connectivity index (χ1v) is 9.98. The second-order valence-electron chi connectivity index (χ2n) is 6.80. The van der Waals surface area contributed by atoms with Crippen molar-refractivity contribution in [1.29, 1.82) is 0 Å². The summed E-state index contributed by atoms with van der Waals surface area (Å²) in [5.41, 5.74) is 3.07. The average Bonchev–Trinajstić information content (AvgIpc) is 3.10. The predicted molar refractivity (Wildman–Crippen MR) is 102 cm³/mol. The molecule has 0 unspecified atom stereocenters. The van der Waals surface area contributed by atoms with Crippen molar-refractivity contribution in [2.75, 3.05) is 0 Å².